The van der Waals surface area contributed by atoms with Crippen molar-refractivity contribution in [2.24, 2.45) is 0 Å². The van der Waals surface area contributed by atoms with E-state index in [0.717, 1.165) is 27.0 Å². The van der Waals surface area contributed by atoms with Crippen molar-refractivity contribution < 1.29 is 9.53 Å². The number of benzene rings is 1. The fraction of sp³-hybridized carbons (Fsp3) is 0.190. The summed E-state index contributed by atoms with van der Waals surface area (Å²) >= 11 is 4.62. The lowest BCUT2D eigenvalue weighted by Crippen LogP contribution is -2.27. The van der Waals surface area contributed by atoms with Gasteiger partial charge < -0.3 is 9.64 Å². The van der Waals surface area contributed by atoms with Crippen LogP contribution < -0.4 is 4.74 Å². The highest BCUT2D eigenvalue weighted by molar-refractivity contribution is 7.99. The Morgan fingerprint density at radius 2 is 1.90 bits per heavy atom. The summed E-state index contributed by atoms with van der Waals surface area (Å²) < 4.78 is 7.52. The summed E-state index contributed by atoms with van der Waals surface area (Å²) in [6, 6.07) is 15.8. The Morgan fingerprint density at radius 3 is 2.63 bits per heavy atom. The number of nitrogens with zero attached hydrogens (tertiary/aromatic N) is 4. The van der Waals surface area contributed by atoms with Gasteiger partial charge in [-0.25, -0.2) is 0 Å². The van der Waals surface area contributed by atoms with Gasteiger partial charge in [0.05, 0.1) is 30.0 Å². The van der Waals surface area contributed by atoms with Gasteiger partial charge >= 0.3 is 0 Å². The van der Waals surface area contributed by atoms with Gasteiger partial charge in [0.2, 0.25) is 5.91 Å². The number of para-hydroxylation sites is 2. The van der Waals surface area contributed by atoms with E-state index in [1.54, 1.807) is 34.7 Å². The molecule has 0 aliphatic carbocycles. The van der Waals surface area contributed by atoms with Crippen LogP contribution in [0.3, 0.4) is 0 Å². The molecule has 0 radical (unpaired) electrons. The fourth-order valence-electron chi connectivity index (χ4n) is 2.92. The average molecular weight is 457 g/mol. The Labute approximate surface area is 187 Å². The quantitative estimate of drug-likeness (QED) is 0.356. The number of amides is 1. The minimum atomic E-state index is 0.0423. The molecular weight excluding hydrogens is 436 g/mol. The predicted molar refractivity (Wildman–Crippen MR) is 123 cm³/mol. The molecule has 0 atom stereocenters. The Balaban J connectivity index is 1.60. The minimum absolute atomic E-state index is 0.0423. The van der Waals surface area contributed by atoms with E-state index in [1.165, 1.54) is 11.8 Å². The highest BCUT2D eigenvalue weighted by atomic mass is 32.2. The normalized spacial score (nSPS) is 10.9. The van der Waals surface area contributed by atoms with E-state index in [0.29, 0.717) is 11.7 Å². The Hall–Kier alpha value is -2.62. The standard InChI is InChI=1S/C21H20N4O2S3/c1-24(13-15-7-5-11-28-15)19(26)14-30-21-23-22-20(18-10-6-12-29-18)25(21)16-8-3-4-9-17(16)27-2/h3-12H,13-14H2,1-2H3. The van der Waals surface area contributed by atoms with Gasteiger partial charge in [-0.3, -0.25) is 9.36 Å². The van der Waals surface area contributed by atoms with Crippen molar-refractivity contribution in [1.29, 1.82) is 0 Å². The van der Waals surface area contributed by atoms with Crippen molar-refractivity contribution in [3.05, 3.63) is 64.2 Å². The molecule has 0 aliphatic heterocycles. The number of thioether (sulfide) groups is 1. The van der Waals surface area contributed by atoms with Gasteiger partial charge in [0.25, 0.3) is 0 Å². The molecule has 6 nitrogen and oxygen atoms in total. The lowest BCUT2D eigenvalue weighted by atomic mass is 10.3. The number of carbonyl (C=O) groups excluding carboxylic acids is 1. The number of thiophene rings is 2. The summed E-state index contributed by atoms with van der Waals surface area (Å²) in [5.41, 5.74) is 0.843. The number of methoxy groups -OCH3 is 1. The molecule has 0 fully saturated rings. The molecule has 1 amide bonds. The number of aromatic nitrogens is 3. The van der Waals surface area contributed by atoms with Gasteiger partial charge in [-0.2, -0.15) is 0 Å². The summed E-state index contributed by atoms with van der Waals surface area (Å²) in [5, 5.41) is 13.5. The summed E-state index contributed by atoms with van der Waals surface area (Å²) in [5.74, 6) is 1.77. The lowest BCUT2D eigenvalue weighted by Gasteiger charge is -2.16. The highest BCUT2D eigenvalue weighted by Gasteiger charge is 2.21. The van der Waals surface area contributed by atoms with Crippen LogP contribution >= 0.6 is 34.4 Å². The zero-order chi connectivity index (χ0) is 20.9. The van der Waals surface area contributed by atoms with Crippen LogP contribution in [0.1, 0.15) is 4.88 Å². The maximum atomic E-state index is 12.7. The van der Waals surface area contributed by atoms with Crippen LogP contribution in [0.2, 0.25) is 0 Å². The molecule has 3 aromatic heterocycles. The number of hydrogen-bond acceptors (Lipinski definition) is 7. The Kier molecular flexibility index (Phi) is 6.51. The van der Waals surface area contributed by atoms with Gasteiger partial charge in [-0.15, -0.1) is 32.9 Å². The number of carbonyl (C=O) groups is 1. The molecule has 0 N–H and O–H groups in total. The van der Waals surface area contributed by atoms with Crippen molar-refractivity contribution in [2.45, 2.75) is 11.7 Å². The van der Waals surface area contributed by atoms with E-state index in [4.69, 9.17) is 4.74 Å². The molecule has 9 heteroatoms. The predicted octanol–water partition coefficient (Wildman–Crippen LogP) is 4.82. The molecule has 0 unspecified atom stereocenters. The first-order chi connectivity index (χ1) is 14.7. The van der Waals surface area contributed by atoms with Crippen molar-refractivity contribution in [3.8, 4) is 22.1 Å². The molecule has 30 heavy (non-hydrogen) atoms. The Morgan fingerprint density at radius 1 is 1.10 bits per heavy atom. The van der Waals surface area contributed by atoms with Crippen molar-refractivity contribution in [2.75, 3.05) is 19.9 Å². The molecule has 4 aromatic rings. The van der Waals surface area contributed by atoms with Crippen LogP contribution in [0.4, 0.5) is 0 Å². The summed E-state index contributed by atoms with van der Waals surface area (Å²) in [4.78, 5) is 16.6. The van der Waals surface area contributed by atoms with Crippen molar-refractivity contribution in [1.82, 2.24) is 19.7 Å². The summed E-state index contributed by atoms with van der Waals surface area (Å²) in [7, 11) is 3.47. The molecule has 4 rings (SSSR count). The second kappa shape index (κ2) is 9.46. The lowest BCUT2D eigenvalue weighted by molar-refractivity contribution is -0.127. The summed E-state index contributed by atoms with van der Waals surface area (Å²) in [6.45, 7) is 0.608. The van der Waals surface area contributed by atoms with E-state index in [-0.39, 0.29) is 11.7 Å². The topological polar surface area (TPSA) is 60.2 Å². The molecular formula is C21H20N4O2S3. The maximum absolute atomic E-state index is 12.7. The number of hydrogen-bond donors (Lipinski definition) is 0. The summed E-state index contributed by atoms with van der Waals surface area (Å²) in [6.07, 6.45) is 0. The molecule has 154 valence electrons. The van der Waals surface area contributed by atoms with Crippen LogP contribution in [0.15, 0.2) is 64.4 Å². The first-order valence-corrected chi connectivity index (χ1v) is 11.9. The van der Waals surface area contributed by atoms with Gasteiger partial charge in [0.15, 0.2) is 11.0 Å². The van der Waals surface area contributed by atoms with Crippen LogP contribution in [0.25, 0.3) is 16.4 Å². The third kappa shape index (κ3) is 4.43. The first-order valence-electron chi connectivity index (χ1n) is 9.19. The van der Waals surface area contributed by atoms with Crippen LogP contribution in [-0.2, 0) is 11.3 Å². The molecule has 3 heterocycles. The molecule has 0 aliphatic rings. The zero-order valence-corrected chi connectivity index (χ0v) is 19.0. The van der Waals surface area contributed by atoms with E-state index in [1.807, 2.05) is 70.9 Å². The van der Waals surface area contributed by atoms with E-state index in [2.05, 4.69) is 10.2 Å². The van der Waals surface area contributed by atoms with Gasteiger partial charge in [-0.1, -0.05) is 36.0 Å². The monoisotopic (exact) mass is 456 g/mol. The van der Waals surface area contributed by atoms with Crippen LogP contribution in [0.5, 0.6) is 5.75 Å². The van der Waals surface area contributed by atoms with E-state index < -0.39 is 0 Å². The van der Waals surface area contributed by atoms with E-state index >= 15 is 0 Å². The zero-order valence-electron chi connectivity index (χ0n) is 16.5. The molecule has 0 saturated carbocycles. The maximum Gasteiger partial charge on any atom is 0.233 e. The molecule has 0 bridgehead atoms. The van der Waals surface area contributed by atoms with Crippen molar-refractivity contribution in [3.63, 3.8) is 0 Å². The second-order valence-corrected chi connectivity index (χ2v) is 9.33. The molecule has 0 saturated heterocycles. The molecule has 1 aromatic carbocycles. The van der Waals surface area contributed by atoms with Gasteiger partial charge in [0, 0.05) is 11.9 Å². The fourth-order valence-corrected chi connectivity index (χ4v) is 5.26. The van der Waals surface area contributed by atoms with Gasteiger partial charge in [-0.05, 0) is 35.0 Å². The van der Waals surface area contributed by atoms with Crippen molar-refractivity contribution >= 4 is 40.3 Å². The Bertz CT molecular complexity index is 1110. The second-order valence-electron chi connectivity index (χ2n) is 6.41. The van der Waals surface area contributed by atoms with Gasteiger partial charge in [0.1, 0.15) is 5.75 Å². The number of ether oxygens (including phenoxy) is 1. The van der Waals surface area contributed by atoms with E-state index in [9.17, 15) is 4.79 Å². The van der Waals surface area contributed by atoms with Crippen LogP contribution in [-0.4, -0.2) is 45.5 Å². The van der Waals surface area contributed by atoms with Crippen LogP contribution in [0, 0.1) is 0 Å². The number of rotatable bonds is 8. The minimum Gasteiger partial charge on any atom is -0.495 e. The SMILES string of the molecule is COc1ccccc1-n1c(SCC(=O)N(C)Cc2cccs2)nnc1-c1cccs1. The molecule has 0 spiro atoms. The third-order valence-electron chi connectivity index (χ3n) is 4.42. The first kappa shape index (κ1) is 20.6. The largest absolute Gasteiger partial charge is 0.495 e. The smallest absolute Gasteiger partial charge is 0.233 e. The average Bonchev–Trinajstić information content (AvgIpc) is 3.53. The third-order valence-corrected chi connectivity index (χ3v) is 7.07. The highest BCUT2D eigenvalue weighted by Crippen LogP contribution is 2.34.